The topological polar surface area (TPSA) is 129 Å². The standard InChI is InChI=1S/C22H20FN7O2/c1-9-5-6-15(31)10(2)18(9)30-20(24)17-16-14(26-11(3)27-21(16)30)7-13(28-22(17)32)12-8-25-29(4)19(12)23/h5-8,24,31-32H,1-4H3,(H,26,27). The zero-order chi connectivity index (χ0) is 22.9. The monoisotopic (exact) mass is 433 g/mol. The van der Waals surface area contributed by atoms with Crippen LogP contribution in [0.4, 0.5) is 4.39 Å². The fraction of sp³-hybridized carbons (Fsp3) is 0.182. The van der Waals surface area contributed by atoms with E-state index in [0.717, 1.165) is 10.2 Å². The Labute approximate surface area is 180 Å². The Morgan fingerprint density at radius 3 is 2.53 bits per heavy atom. The van der Waals surface area contributed by atoms with Gasteiger partial charge < -0.3 is 15.2 Å². The smallest absolute Gasteiger partial charge is 0.223 e. The van der Waals surface area contributed by atoms with Gasteiger partial charge in [0, 0.05) is 12.6 Å². The van der Waals surface area contributed by atoms with Crippen LogP contribution < -0.4 is 5.49 Å². The number of aromatic hydroxyl groups is 2. The molecule has 0 aliphatic heterocycles. The number of nitrogens with one attached hydrogen (secondary N) is 2. The number of phenolic OH excluding ortho intramolecular Hbond substituents is 1. The minimum Gasteiger partial charge on any atom is -0.508 e. The molecule has 0 bridgehead atoms. The number of rotatable bonds is 2. The highest BCUT2D eigenvalue weighted by Crippen LogP contribution is 2.34. The van der Waals surface area contributed by atoms with E-state index in [4.69, 9.17) is 5.41 Å². The third-order valence-electron chi connectivity index (χ3n) is 5.71. The molecule has 4 aromatic heterocycles. The van der Waals surface area contributed by atoms with Gasteiger partial charge in [-0.05, 0) is 38.5 Å². The highest BCUT2D eigenvalue weighted by molar-refractivity contribution is 6.09. The minimum atomic E-state index is -0.594. The zero-order valence-corrected chi connectivity index (χ0v) is 17.8. The van der Waals surface area contributed by atoms with Crippen LogP contribution in [0.5, 0.6) is 11.6 Å². The first-order valence-corrected chi connectivity index (χ1v) is 9.86. The van der Waals surface area contributed by atoms with Gasteiger partial charge in [0.1, 0.15) is 17.1 Å². The lowest BCUT2D eigenvalue weighted by Crippen LogP contribution is -2.16. The number of benzene rings is 1. The number of nitrogens with zero attached hydrogens (tertiary/aromatic N) is 5. The summed E-state index contributed by atoms with van der Waals surface area (Å²) < 4.78 is 17.2. The van der Waals surface area contributed by atoms with E-state index in [2.05, 4.69) is 20.1 Å². The van der Waals surface area contributed by atoms with Gasteiger partial charge >= 0.3 is 0 Å². The molecule has 5 rings (SSSR count). The van der Waals surface area contributed by atoms with Gasteiger partial charge in [0.25, 0.3) is 0 Å². The van der Waals surface area contributed by atoms with Crippen molar-refractivity contribution in [2.45, 2.75) is 20.8 Å². The second-order valence-electron chi connectivity index (χ2n) is 7.81. The van der Waals surface area contributed by atoms with Crippen LogP contribution in [0, 0.1) is 32.1 Å². The molecule has 0 aliphatic carbocycles. The van der Waals surface area contributed by atoms with Gasteiger partial charge in [-0.15, -0.1) is 0 Å². The van der Waals surface area contributed by atoms with Crippen molar-refractivity contribution in [3.05, 3.63) is 52.8 Å². The van der Waals surface area contributed by atoms with Crippen molar-refractivity contribution in [3.63, 3.8) is 0 Å². The van der Waals surface area contributed by atoms with Crippen LogP contribution in [-0.2, 0) is 7.05 Å². The lowest BCUT2D eigenvalue weighted by molar-refractivity contribution is 0.460. The quantitative estimate of drug-likeness (QED) is 0.340. The van der Waals surface area contributed by atoms with Gasteiger partial charge in [0.05, 0.1) is 39.4 Å². The Hall–Kier alpha value is -4.21. The van der Waals surface area contributed by atoms with E-state index < -0.39 is 11.8 Å². The van der Waals surface area contributed by atoms with Crippen LogP contribution in [0.25, 0.3) is 38.9 Å². The van der Waals surface area contributed by atoms with Crippen LogP contribution in [0.2, 0.25) is 0 Å². The number of H-pyrrole nitrogens is 1. The second-order valence-corrected chi connectivity index (χ2v) is 7.81. The number of phenols is 1. The summed E-state index contributed by atoms with van der Waals surface area (Å²) >= 11 is 0. The fourth-order valence-corrected chi connectivity index (χ4v) is 4.15. The average Bonchev–Trinajstić information content (AvgIpc) is 3.16. The molecule has 0 fully saturated rings. The molecule has 162 valence electrons. The van der Waals surface area contributed by atoms with Crippen molar-refractivity contribution in [1.82, 2.24) is 29.3 Å². The second kappa shape index (κ2) is 6.64. The zero-order valence-electron chi connectivity index (χ0n) is 17.8. The number of hydrogen-bond acceptors (Lipinski definition) is 6. The highest BCUT2D eigenvalue weighted by atomic mass is 19.1. The number of halogens is 1. The van der Waals surface area contributed by atoms with Gasteiger partial charge in [0.2, 0.25) is 11.8 Å². The maximum Gasteiger partial charge on any atom is 0.223 e. The van der Waals surface area contributed by atoms with Crippen molar-refractivity contribution < 1.29 is 14.6 Å². The molecule has 0 saturated heterocycles. The Bertz CT molecular complexity index is 1630. The lowest BCUT2D eigenvalue weighted by atomic mass is 10.1. The normalized spacial score (nSPS) is 11.7. The van der Waals surface area contributed by atoms with E-state index in [9.17, 15) is 14.6 Å². The Kier molecular flexibility index (Phi) is 4.10. The largest absolute Gasteiger partial charge is 0.508 e. The third-order valence-corrected chi connectivity index (χ3v) is 5.71. The summed E-state index contributed by atoms with van der Waals surface area (Å²) in [6.45, 7) is 5.40. The molecular weight excluding hydrogens is 413 g/mol. The van der Waals surface area contributed by atoms with Crippen LogP contribution in [0.3, 0.4) is 0 Å². The molecule has 0 amide bonds. The molecule has 0 aliphatic rings. The van der Waals surface area contributed by atoms with Crippen LogP contribution in [-0.4, -0.2) is 39.5 Å². The van der Waals surface area contributed by atoms with E-state index in [-0.39, 0.29) is 27.9 Å². The number of aromatic amines is 1. The molecule has 32 heavy (non-hydrogen) atoms. The Morgan fingerprint density at radius 1 is 1.09 bits per heavy atom. The van der Waals surface area contributed by atoms with E-state index in [1.54, 1.807) is 36.6 Å². The molecule has 9 nitrogen and oxygen atoms in total. The van der Waals surface area contributed by atoms with Gasteiger partial charge in [-0.25, -0.2) is 14.6 Å². The summed E-state index contributed by atoms with van der Waals surface area (Å²) in [7, 11) is 1.47. The minimum absolute atomic E-state index is 0.0490. The Balaban J connectivity index is 1.98. The van der Waals surface area contributed by atoms with Crippen molar-refractivity contribution in [2.75, 3.05) is 0 Å². The SMILES string of the molecule is Cc1nc2c3c(cc(-c4cnn(C)c4F)nc(O)c3c(=N)n2-c2c(C)ccc(O)c2C)[nH]1. The molecule has 4 heterocycles. The van der Waals surface area contributed by atoms with Crippen LogP contribution in [0.1, 0.15) is 17.0 Å². The fourth-order valence-electron chi connectivity index (χ4n) is 4.15. The highest BCUT2D eigenvalue weighted by Gasteiger charge is 2.23. The van der Waals surface area contributed by atoms with Crippen molar-refractivity contribution in [1.29, 1.82) is 5.41 Å². The van der Waals surface area contributed by atoms with Crippen LogP contribution in [0.15, 0.2) is 24.4 Å². The lowest BCUT2D eigenvalue weighted by Gasteiger charge is -2.13. The molecule has 0 radical (unpaired) electrons. The summed E-state index contributed by atoms with van der Waals surface area (Å²) in [5.74, 6) is -0.381. The first-order chi connectivity index (χ1) is 15.2. The molecular formula is C22H20FN7O2. The average molecular weight is 433 g/mol. The maximum atomic E-state index is 14.5. The Morgan fingerprint density at radius 2 is 1.84 bits per heavy atom. The molecule has 0 saturated carbocycles. The molecule has 4 N–H and O–H groups in total. The first-order valence-electron chi connectivity index (χ1n) is 9.86. The predicted molar refractivity (Wildman–Crippen MR) is 116 cm³/mol. The summed E-state index contributed by atoms with van der Waals surface area (Å²) in [6, 6.07) is 4.96. The summed E-state index contributed by atoms with van der Waals surface area (Å²) in [6.07, 6.45) is 1.33. The van der Waals surface area contributed by atoms with E-state index >= 15 is 0 Å². The number of hydrogen-bond donors (Lipinski definition) is 4. The third kappa shape index (κ3) is 2.62. The van der Waals surface area contributed by atoms with E-state index in [1.165, 1.54) is 13.2 Å². The molecule has 10 heteroatoms. The molecule has 5 aromatic rings. The molecule has 0 atom stereocenters. The van der Waals surface area contributed by atoms with Crippen molar-refractivity contribution in [3.8, 4) is 28.6 Å². The van der Waals surface area contributed by atoms with E-state index in [1.807, 2.05) is 6.92 Å². The summed E-state index contributed by atoms with van der Waals surface area (Å²) in [4.78, 5) is 12.0. The molecule has 0 unspecified atom stereocenters. The maximum absolute atomic E-state index is 14.5. The van der Waals surface area contributed by atoms with Gasteiger partial charge in [-0.2, -0.15) is 9.49 Å². The van der Waals surface area contributed by atoms with Crippen molar-refractivity contribution >= 4 is 21.9 Å². The predicted octanol–water partition coefficient (Wildman–Crippen LogP) is 3.26. The van der Waals surface area contributed by atoms with Gasteiger partial charge in [-0.1, -0.05) is 6.07 Å². The molecule has 0 spiro atoms. The summed E-state index contributed by atoms with van der Waals surface area (Å²) in [5.41, 5.74) is 3.20. The summed E-state index contributed by atoms with van der Waals surface area (Å²) in [5, 5.41) is 34.7. The first kappa shape index (κ1) is 19.7. The van der Waals surface area contributed by atoms with E-state index in [0.29, 0.717) is 33.6 Å². The molecule has 1 aromatic carbocycles. The van der Waals surface area contributed by atoms with Gasteiger partial charge in [0.15, 0.2) is 5.65 Å². The van der Waals surface area contributed by atoms with Gasteiger partial charge in [-0.3, -0.25) is 9.98 Å². The number of aromatic nitrogens is 6. The van der Waals surface area contributed by atoms with Crippen molar-refractivity contribution in [2.24, 2.45) is 7.05 Å². The van der Waals surface area contributed by atoms with Crippen LogP contribution >= 0.6 is 0 Å². The number of aryl methyl sites for hydroxylation is 3.